The number of nitrogens with zero attached hydrogens (tertiary/aromatic N) is 3. The number of morpholine rings is 1. The summed E-state index contributed by atoms with van der Waals surface area (Å²) in [6, 6.07) is -0.345. The zero-order valence-corrected chi connectivity index (χ0v) is 17.5. The van der Waals surface area contributed by atoms with Crippen molar-refractivity contribution in [3.8, 4) is 0 Å². The molecule has 3 fully saturated rings. The van der Waals surface area contributed by atoms with Gasteiger partial charge >= 0.3 is 0 Å². The van der Waals surface area contributed by atoms with Crippen molar-refractivity contribution in [2.75, 3.05) is 65.6 Å². The molecule has 3 heterocycles. The van der Waals surface area contributed by atoms with Crippen LogP contribution in [0, 0.1) is 5.92 Å². The van der Waals surface area contributed by atoms with Crippen LogP contribution in [0.5, 0.6) is 0 Å². The molecule has 0 bridgehead atoms. The van der Waals surface area contributed by atoms with E-state index in [0.717, 1.165) is 71.9 Å². The number of piperidine rings is 1. The van der Waals surface area contributed by atoms with Crippen molar-refractivity contribution in [3.63, 3.8) is 0 Å². The second-order valence-electron chi connectivity index (χ2n) is 8.52. The third kappa shape index (κ3) is 6.03. The van der Waals surface area contributed by atoms with Crippen molar-refractivity contribution >= 4 is 11.8 Å². The van der Waals surface area contributed by atoms with Gasteiger partial charge in [-0.1, -0.05) is 11.6 Å². The molecular formula is C21H36N4O3. The van der Waals surface area contributed by atoms with Crippen LogP contribution in [0.2, 0.25) is 0 Å². The lowest BCUT2D eigenvalue weighted by molar-refractivity contribution is -0.139. The monoisotopic (exact) mass is 392 g/mol. The Morgan fingerprint density at radius 1 is 1.14 bits per heavy atom. The van der Waals surface area contributed by atoms with Crippen molar-refractivity contribution < 1.29 is 14.3 Å². The van der Waals surface area contributed by atoms with Crippen LogP contribution in [0.4, 0.5) is 0 Å². The smallest absolute Gasteiger partial charge is 0.237 e. The van der Waals surface area contributed by atoms with Crippen molar-refractivity contribution in [3.05, 3.63) is 11.6 Å². The number of hydrogen-bond donors (Lipinski definition) is 1. The van der Waals surface area contributed by atoms with E-state index in [9.17, 15) is 9.59 Å². The Bertz CT molecular complexity index is 562. The van der Waals surface area contributed by atoms with E-state index >= 15 is 0 Å². The first-order chi connectivity index (χ1) is 13.5. The summed E-state index contributed by atoms with van der Waals surface area (Å²) in [5.41, 5.74) is 1.23. The van der Waals surface area contributed by atoms with Gasteiger partial charge in [0.25, 0.3) is 0 Å². The lowest BCUT2D eigenvalue weighted by atomic mass is 9.95. The minimum absolute atomic E-state index is 0.0102. The van der Waals surface area contributed by atoms with Crippen LogP contribution in [0.1, 0.15) is 33.1 Å². The molecule has 3 rings (SSSR count). The Morgan fingerprint density at radius 3 is 2.54 bits per heavy atom. The second kappa shape index (κ2) is 10.4. The molecule has 0 spiro atoms. The predicted octanol–water partition coefficient (Wildman–Crippen LogP) is 0.714. The van der Waals surface area contributed by atoms with Gasteiger partial charge in [-0.05, 0) is 32.6 Å². The fourth-order valence-corrected chi connectivity index (χ4v) is 4.31. The maximum atomic E-state index is 12.9. The van der Waals surface area contributed by atoms with E-state index in [0.29, 0.717) is 12.5 Å². The molecule has 0 saturated carbocycles. The minimum atomic E-state index is -0.345. The number of ether oxygens (including phenoxy) is 1. The molecule has 3 aliphatic rings. The maximum Gasteiger partial charge on any atom is 0.237 e. The molecular weight excluding hydrogens is 356 g/mol. The molecule has 0 aliphatic carbocycles. The number of carbonyl (C=O) groups excluding carboxylic acids is 2. The first kappa shape index (κ1) is 21.3. The van der Waals surface area contributed by atoms with Crippen LogP contribution in [0.15, 0.2) is 11.6 Å². The Kier molecular flexibility index (Phi) is 7.88. The van der Waals surface area contributed by atoms with Crippen LogP contribution >= 0.6 is 0 Å². The highest BCUT2D eigenvalue weighted by Crippen LogP contribution is 2.21. The molecule has 1 N–H and O–H groups in total. The summed E-state index contributed by atoms with van der Waals surface area (Å²) >= 11 is 0. The average molecular weight is 393 g/mol. The first-order valence-electron chi connectivity index (χ1n) is 10.8. The van der Waals surface area contributed by atoms with Gasteiger partial charge in [0.1, 0.15) is 0 Å². The van der Waals surface area contributed by atoms with Crippen LogP contribution in [0.3, 0.4) is 0 Å². The van der Waals surface area contributed by atoms with E-state index in [4.69, 9.17) is 4.74 Å². The van der Waals surface area contributed by atoms with Crippen LogP contribution < -0.4 is 5.32 Å². The fourth-order valence-electron chi connectivity index (χ4n) is 4.31. The van der Waals surface area contributed by atoms with Gasteiger partial charge < -0.3 is 15.0 Å². The molecule has 2 amide bonds. The van der Waals surface area contributed by atoms with Crippen LogP contribution in [-0.4, -0.2) is 98.1 Å². The molecule has 1 atom stereocenters. The van der Waals surface area contributed by atoms with E-state index in [1.54, 1.807) is 0 Å². The minimum Gasteiger partial charge on any atom is -0.379 e. The van der Waals surface area contributed by atoms with Crippen molar-refractivity contribution in [1.29, 1.82) is 0 Å². The zero-order valence-electron chi connectivity index (χ0n) is 17.5. The lowest BCUT2D eigenvalue weighted by Crippen LogP contribution is -2.57. The molecule has 0 aromatic heterocycles. The van der Waals surface area contributed by atoms with Crippen molar-refractivity contribution in [2.24, 2.45) is 5.92 Å². The Hall–Kier alpha value is -1.44. The molecule has 28 heavy (non-hydrogen) atoms. The zero-order chi connectivity index (χ0) is 19.9. The second-order valence-corrected chi connectivity index (χ2v) is 8.52. The normalized spacial score (nSPS) is 25.4. The number of amides is 2. The van der Waals surface area contributed by atoms with E-state index in [-0.39, 0.29) is 24.3 Å². The molecule has 1 unspecified atom stereocenters. The van der Waals surface area contributed by atoms with Gasteiger partial charge in [-0.3, -0.25) is 19.4 Å². The molecule has 158 valence electrons. The Morgan fingerprint density at radius 2 is 1.86 bits per heavy atom. The van der Waals surface area contributed by atoms with Gasteiger partial charge in [0.15, 0.2) is 0 Å². The quantitative estimate of drug-likeness (QED) is 0.675. The van der Waals surface area contributed by atoms with Gasteiger partial charge in [0, 0.05) is 52.4 Å². The number of rotatable bonds is 6. The summed E-state index contributed by atoms with van der Waals surface area (Å²) in [5.74, 6) is 0.771. The summed E-state index contributed by atoms with van der Waals surface area (Å²) in [4.78, 5) is 31.8. The number of allylic oxidation sites excluding steroid dienone is 1. The average Bonchev–Trinajstić information content (AvgIpc) is 2.69. The SMILES string of the molecule is CC(C)=CCN1CCNC(=O)C1CC(=O)N1CCC(CN2CCOCC2)CC1. The summed E-state index contributed by atoms with van der Waals surface area (Å²) in [6.07, 6.45) is 4.53. The van der Waals surface area contributed by atoms with Crippen LogP contribution in [0.25, 0.3) is 0 Å². The highest BCUT2D eigenvalue weighted by molar-refractivity contribution is 5.88. The number of piperazine rings is 1. The van der Waals surface area contributed by atoms with E-state index in [1.807, 2.05) is 4.90 Å². The summed E-state index contributed by atoms with van der Waals surface area (Å²) in [6.45, 7) is 12.8. The molecule has 3 aliphatic heterocycles. The van der Waals surface area contributed by atoms with Gasteiger partial charge in [0.2, 0.25) is 11.8 Å². The van der Waals surface area contributed by atoms with Gasteiger partial charge in [-0.25, -0.2) is 0 Å². The third-order valence-corrected chi connectivity index (χ3v) is 6.13. The number of carbonyl (C=O) groups is 2. The van der Waals surface area contributed by atoms with E-state index < -0.39 is 0 Å². The van der Waals surface area contributed by atoms with Crippen molar-refractivity contribution in [1.82, 2.24) is 20.0 Å². The largest absolute Gasteiger partial charge is 0.379 e. The van der Waals surface area contributed by atoms with Gasteiger partial charge in [-0.15, -0.1) is 0 Å². The topological polar surface area (TPSA) is 65.1 Å². The molecule has 0 radical (unpaired) electrons. The maximum absolute atomic E-state index is 12.9. The number of likely N-dealkylation sites (tertiary alicyclic amines) is 1. The Balaban J connectivity index is 1.47. The number of nitrogens with one attached hydrogen (secondary N) is 1. The van der Waals surface area contributed by atoms with E-state index in [1.165, 1.54) is 5.57 Å². The van der Waals surface area contributed by atoms with Gasteiger partial charge in [0.05, 0.1) is 25.7 Å². The summed E-state index contributed by atoms with van der Waals surface area (Å²) in [5, 5.41) is 2.92. The highest BCUT2D eigenvalue weighted by atomic mass is 16.5. The van der Waals surface area contributed by atoms with Crippen LogP contribution in [-0.2, 0) is 14.3 Å². The molecule has 3 saturated heterocycles. The summed E-state index contributed by atoms with van der Waals surface area (Å²) < 4.78 is 5.42. The highest BCUT2D eigenvalue weighted by Gasteiger charge is 2.33. The van der Waals surface area contributed by atoms with Crippen molar-refractivity contribution in [2.45, 2.75) is 39.2 Å². The standard InChI is InChI=1S/C21H36N4O3/c1-17(2)3-7-24-10-6-22-21(27)19(24)15-20(26)25-8-4-18(5-9-25)16-23-11-13-28-14-12-23/h3,18-19H,4-16H2,1-2H3,(H,22,27). The molecule has 0 aromatic carbocycles. The molecule has 7 nitrogen and oxygen atoms in total. The Labute approximate surface area is 169 Å². The third-order valence-electron chi connectivity index (χ3n) is 6.13. The predicted molar refractivity (Wildman–Crippen MR) is 109 cm³/mol. The van der Waals surface area contributed by atoms with Gasteiger partial charge in [-0.2, -0.15) is 0 Å². The fraction of sp³-hybridized carbons (Fsp3) is 0.810. The van der Waals surface area contributed by atoms with E-state index in [2.05, 4.69) is 35.0 Å². The summed E-state index contributed by atoms with van der Waals surface area (Å²) in [7, 11) is 0. The molecule has 7 heteroatoms. The lowest BCUT2D eigenvalue weighted by Gasteiger charge is -2.38. The number of hydrogen-bond acceptors (Lipinski definition) is 5. The molecule has 0 aromatic rings. The first-order valence-corrected chi connectivity index (χ1v) is 10.8.